The summed E-state index contributed by atoms with van der Waals surface area (Å²) >= 11 is 0. The predicted octanol–water partition coefficient (Wildman–Crippen LogP) is 5.80. The molecule has 0 amide bonds. The van der Waals surface area contributed by atoms with E-state index in [1.54, 1.807) is 29.1 Å². The van der Waals surface area contributed by atoms with Gasteiger partial charge in [0.2, 0.25) is 15.7 Å². The first-order valence-electron chi connectivity index (χ1n) is 13.4. The minimum Gasteiger partial charge on any atom is -0.492 e. The van der Waals surface area contributed by atoms with E-state index in [1.807, 2.05) is 51.1 Å². The summed E-state index contributed by atoms with van der Waals surface area (Å²) in [7, 11) is -4.36. The summed E-state index contributed by atoms with van der Waals surface area (Å²) in [5, 5.41) is 10.9. The van der Waals surface area contributed by atoms with Gasteiger partial charge in [-0.1, -0.05) is 55.3 Å². The molecule has 2 heterocycles. The molecule has 1 N–H and O–H groups in total. The predicted molar refractivity (Wildman–Crippen MR) is 151 cm³/mol. The molecule has 8 heteroatoms. The van der Waals surface area contributed by atoms with Crippen LogP contribution < -0.4 is 5.56 Å². The largest absolute Gasteiger partial charge is 0.492 e. The lowest BCUT2D eigenvalue weighted by Crippen LogP contribution is -2.34. The Balaban J connectivity index is 1.65. The number of sulfone groups is 1. The number of pyridine rings is 1. The summed E-state index contributed by atoms with van der Waals surface area (Å²) in [5.74, 6) is -0.120. The molecule has 1 fully saturated rings. The molecule has 5 rings (SSSR count). The molecule has 0 spiro atoms. The Labute approximate surface area is 229 Å². The highest BCUT2D eigenvalue weighted by molar-refractivity contribution is 7.91. The van der Waals surface area contributed by atoms with Crippen LogP contribution in [0.2, 0.25) is 0 Å². The number of rotatable bonds is 9. The molecule has 1 aliphatic carbocycles. The highest BCUT2D eigenvalue weighted by Gasteiger charge is 2.38. The molecule has 4 aromatic rings. The van der Waals surface area contributed by atoms with E-state index < -0.39 is 26.2 Å². The first kappa shape index (κ1) is 26.8. The number of unbranched alkanes of at least 4 members (excludes halogenated alkanes) is 1. The van der Waals surface area contributed by atoms with Gasteiger partial charge >= 0.3 is 0 Å². The Morgan fingerprint density at radius 2 is 1.82 bits per heavy atom. The molecule has 2 aromatic carbocycles. The number of aryl methyl sites for hydroxylation is 3. The second-order valence-corrected chi connectivity index (χ2v) is 12.3. The van der Waals surface area contributed by atoms with E-state index in [0.29, 0.717) is 12.2 Å². The van der Waals surface area contributed by atoms with Gasteiger partial charge in [-0.05, 0) is 79.5 Å². The van der Waals surface area contributed by atoms with E-state index in [0.717, 1.165) is 53.5 Å². The normalized spacial score (nSPS) is 14.3. The Morgan fingerprint density at radius 1 is 1.08 bits per heavy atom. The maximum atomic E-state index is 14.1. The van der Waals surface area contributed by atoms with Crippen LogP contribution in [0.3, 0.4) is 0 Å². The SMILES string of the molecule is CCCCc1nc(O)c(S(=O)(=O)c2ccc(-c3ccncc3C)cc2)c(=O)n1[C@H](c1cccc(C)c1)C1CC1. The Bertz CT molecular complexity index is 1670. The topological polar surface area (TPSA) is 102 Å². The van der Waals surface area contributed by atoms with Gasteiger partial charge in [-0.25, -0.2) is 8.42 Å². The van der Waals surface area contributed by atoms with Gasteiger partial charge in [0.15, 0.2) is 4.90 Å². The number of nitrogens with zero attached hydrogens (tertiary/aromatic N) is 3. The zero-order valence-electron chi connectivity index (χ0n) is 22.5. The van der Waals surface area contributed by atoms with Crippen LogP contribution in [0, 0.1) is 19.8 Å². The second kappa shape index (κ2) is 10.8. The summed E-state index contributed by atoms with van der Waals surface area (Å²) in [6, 6.07) is 15.8. The first-order chi connectivity index (χ1) is 18.7. The van der Waals surface area contributed by atoms with Crippen LogP contribution in [-0.2, 0) is 16.3 Å². The average molecular weight is 544 g/mol. The Morgan fingerprint density at radius 3 is 2.46 bits per heavy atom. The molecule has 202 valence electrons. The third-order valence-corrected chi connectivity index (χ3v) is 9.17. The lowest BCUT2D eigenvalue weighted by Gasteiger charge is -2.24. The fourth-order valence-corrected chi connectivity index (χ4v) is 6.55. The molecular weight excluding hydrogens is 510 g/mol. The maximum Gasteiger partial charge on any atom is 0.277 e. The molecule has 0 unspecified atom stereocenters. The number of aromatic nitrogens is 3. The van der Waals surface area contributed by atoms with Gasteiger partial charge in [-0.2, -0.15) is 4.98 Å². The van der Waals surface area contributed by atoms with Crippen molar-refractivity contribution in [2.24, 2.45) is 5.92 Å². The lowest BCUT2D eigenvalue weighted by atomic mass is 9.99. The molecule has 0 bridgehead atoms. The van der Waals surface area contributed by atoms with E-state index in [4.69, 9.17) is 0 Å². The van der Waals surface area contributed by atoms with Crippen LogP contribution in [0.1, 0.15) is 61.2 Å². The fraction of sp³-hybridized carbons (Fsp3) is 0.323. The summed E-state index contributed by atoms with van der Waals surface area (Å²) < 4.78 is 29.2. The van der Waals surface area contributed by atoms with Crippen molar-refractivity contribution in [1.82, 2.24) is 14.5 Å². The summed E-state index contributed by atoms with van der Waals surface area (Å²) in [6.07, 6.45) is 7.42. The van der Waals surface area contributed by atoms with Crippen molar-refractivity contribution in [3.05, 3.63) is 99.9 Å². The van der Waals surface area contributed by atoms with Gasteiger partial charge in [-0.3, -0.25) is 14.3 Å². The molecule has 0 saturated heterocycles. The standard InChI is InChI=1S/C31H33N3O4S/c1-4-5-9-27-33-30(35)29(31(36)34(27)28(23-10-11-23)24-8-6-7-20(2)18-24)39(37,38)25-14-12-22(13-15-25)26-16-17-32-19-21(26)3/h6-8,12-19,23,28,35H,4-5,9-11H2,1-3H3/t28-/m0/s1. The van der Waals surface area contributed by atoms with Crippen molar-refractivity contribution in [2.75, 3.05) is 0 Å². The van der Waals surface area contributed by atoms with Gasteiger partial charge in [0.05, 0.1) is 10.9 Å². The Kier molecular flexibility index (Phi) is 7.40. The van der Waals surface area contributed by atoms with E-state index in [-0.39, 0.29) is 16.9 Å². The van der Waals surface area contributed by atoms with Gasteiger partial charge in [0, 0.05) is 18.8 Å². The minimum absolute atomic E-state index is 0.0708. The van der Waals surface area contributed by atoms with Crippen LogP contribution in [0.4, 0.5) is 0 Å². The van der Waals surface area contributed by atoms with E-state index >= 15 is 0 Å². The molecule has 39 heavy (non-hydrogen) atoms. The van der Waals surface area contributed by atoms with Crippen molar-refractivity contribution in [2.45, 2.75) is 68.7 Å². The summed E-state index contributed by atoms with van der Waals surface area (Å²) in [5.41, 5.74) is 4.02. The second-order valence-electron chi connectivity index (χ2n) is 10.4. The van der Waals surface area contributed by atoms with Gasteiger partial charge in [0.25, 0.3) is 5.56 Å². The van der Waals surface area contributed by atoms with Crippen molar-refractivity contribution >= 4 is 9.84 Å². The minimum atomic E-state index is -4.36. The van der Waals surface area contributed by atoms with Crippen LogP contribution >= 0.6 is 0 Å². The third-order valence-electron chi connectivity index (χ3n) is 7.38. The van der Waals surface area contributed by atoms with E-state index in [2.05, 4.69) is 9.97 Å². The molecule has 1 saturated carbocycles. The summed E-state index contributed by atoms with van der Waals surface area (Å²) in [4.78, 5) is 21.9. The van der Waals surface area contributed by atoms with Crippen molar-refractivity contribution in [3.8, 4) is 17.0 Å². The smallest absolute Gasteiger partial charge is 0.277 e. The van der Waals surface area contributed by atoms with Crippen LogP contribution in [0.25, 0.3) is 11.1 Å². The highest BCUT2D eigenvalue weighted by atomic mass is 32.2. The maximum absolute atomic E-state index is 14.1. The monoisotopic (exact) mass is 543 g/mol. The van der Waals surface area contributed by atoms with E-state index in [1.165, 1.54) is 12.1 Å². The quantitative estimate of drug-likeness (QED) is 0.286. The number of aromatic hydroxyl groups is 1. The van der Waals surface area contributed by atoms with Crippen molar-refractivity contribution in [1.29, 1.82) is 0 Å². The van der Waals surface area contributed by atoms with E-state index in [9.17, 15) is 18.3 Å². The molecule has 1 aliphatic rings. The van der Waals surface area contributed by atoms with Crippen molar-refractivity contribution < 1.29 is 13.5 Å². The Hall–Kier alpha value is -3.78. The van der Waals surface area contributed by atoms with Gasteiger partial charge in [0.1, 0.15) is 5.82 Å². The van der Waals surface area contributed by atoms with Crippen LogP contribution in [0.15, 0.2) is 81.6 Å². The molecule has 7 nitrogen and oxygen atoms in total. The fourth-order valence-electron chi connectivity index (χ4n) is 5.21. The molecular formula is C31H33N3O4S. The zero-order valence-corrected chi connectivity index (χ0v) is 23.3. The number of hydrogen-bond acceptors (Lipinski definition) is 6. The molecule has 0 aliphatic heterocycles. The summed E-state index contributed by atoms with van der Waals surface area (Å²) in [6.45, 7) is 5.97. The van der Waals surface area contributed by atoms with Crippen LogP contribution in [-0.4, -0.2) is 28.1 Å². The first-order valence-corrected chi connectivity index (χ1v) is 14.9. The number of hydrogen-bond donors (Lipinski definition) is 1. The van der Waals surface area contributed by atoms with Crippen LogP contribution in [0.5, 0.6) is 5.88 Å². The zero-order chi connectivity index (χ0) is 27.7. The van der Waals surface area contributed by atoms with Gasteiger partial charge in [-0.15, -0.1) is 0 Å². The highest BCUT2D eigenvalue weighted by Crippen LogP contribution is 2.44. The molecule has 2 aromatic heterocycles. The van der Waals surface area contributed by atoms with Crippen molar-refractivity contribution in [3.63, 3.8) is 0 Å². The third kappa shape index (κ3) is 5.26. The number of benzene rings is 2. The lowest BCUT2D eigenvalue weighted by molar-refractivity contribution is 0.399. The molecule has 0 radical (unpaired) electrons. The van der Waals surface area contributed by atoms with Gasteiger partial charge < -0.3 is 5.11 Å². The molecule has 1 atom stereocenters. The average Bonchev–Trinajstić information content (AvgIpc) is 3.75.